The minimum absolute atomic E-state index is 0.408. The third-order valence-electron chi connectivity index (χ3n) is 13.1. The SMILES string of the molecule is c1ccc(-c2nc(-c3cccc(-c4cccc5c4-c4ccccc4C54c5ccccc5-c5ccccc54)c3)nc(-c3ccc4c(c3)c3ccccc3n4-c3ccccc3)n2)cc1. The van der Waals surface area contributed by atoms with E-state index in [4.69, 9.17) is 15.0 Å². The second kappa shape index (κ2) is 13.4. The van der Waals surface area contributed by atoms with Gasteiger partial charge in [0.25, 0.3) is 0 Å². The second-order valence-electron chi connectivity index (χ2n) is 16.3. The van der Waals surface area contributed by atoms with E-state index in [0.29, 0.717) is 17.5 Å². The lowest BCUT2D eigenvalue weighted by molar-refractivity contribution is 0.794. The van der Waals surface area contributed by atoms with Gasteiger partial charge in [0.1, 0.15) is 0 Å². The van der Waals surface area contributed by atoms with Crippen molar-refractivity contribution in [2.75, 3.05) is 0 Å². The van der Waals surface area contributed by atoms with Crippen LogP contribution in [-0.4, -0.2) is 19.5 Å². The van der Waals surface area contributed by atoms with Gasteiger partial charge >= 0.3 is 0 Å². The highest BCUT2D eigenvalue weighted by Gasteiger charge is 2.51. The molecule has 0 atom stereocenters. The normalized spacial score (nSPS) is 13.0. The minimum Gasteiger partial charge on any atom is -0.309 e. The lowest BCUT2D eigenvalue weighted by Crippen LogP contribution is -2.25. The van der Waals surface area contributed by atoms with Gasteiger partial charge in [-0.1, -0.05) is 176 Å². The van der Waals surface area contributed by atoms with Gasteiger partial charge in [0.05, 0.1) is 16.4 Å². The van der Waals surface area contributed by atoms with E-state index in [-0.39, 0.29) is 0 Å². The van der Waals surface area contributed by atoms with Gasteiger partial charge < -0.3 is 4.57 Å². The molecule has 0 aliphatic heterocycles. The number of aromatic nitrogens is 4. The van der Waals surface area contributed by atoms with Crippen LogP contribution in [0.2, 0.25) is 0 Å². The van der Waals surface area contributed by atoms with E-state index in [9.17, 15) is 0 Å². The first-order valence-electron chi connectivity index (χ1n) is 21.2. The molecule has 4 nitrogen and oxygen atoms in total. The Kier molecular flexibility index (Phi) is 7.49. The summed E-state index contributed by atoms with van der Waals surface area (Å²) in [5, 5.41) is 2.33. The molecule has 2 aliphatic carbocycles. The molecule has 2 aliphatic rings. The van der Waals surface area contributed by atoms with Crippen molar-refractivity contribution in [1.82, 2.24) is 19.5 Å². The fourth-order valence-electron chi connectivity index (χ4n) is 10.5. The van der Waals surface area contributed by atoms with Gasteiger partial charge in [-0.05, 0) is 98.1 Å². The van der Waals surface area contributed by atoms with E-state index < -0.39 is 5.41 Å². The Hall–Kier alpha value is -8.21. The molecule has 13 rings (SSSR count). The van der Waals surface area contributed by atoms with Crippen LogP contribution in [0.5, 0.6) is 0 Å². The first-order chi connectivity index (χ1) is 30.8. The highest BCUT2D eigenvalue weighted by Crippen LogP contribution is 2.64. The summed E-state index contributed by atoms with van der Waals surface area (Å²) >= 11 is 0. The molecule has 0 N–H and O–H groups in total. The molecule has 288 valence electrons. The Morgan fingerprint density at radius 3 is 1.52 bits per heavy atom. The van der Waals surface area contributed by atoms with Crippen molar-refractivity contribution in [2.45, 2.75) is 5.41 Å². The minimum atomic E-state index is -0.408. The third-order valence-corrected chi connectivity index (χ3v) is 13.1. The van der Waals surface area contributed by atoms with Crippen molar-refractivity contribution in [3.8, 4) is 73.2 Å². The van der Waals surface area contributed by atoms with Gasteiger partial charge in [0, 0.05) is 33.2 Å². The summed E-state index contributed by atoms with van der Waals surface area (Å²) in [6.07, 6.45) is 0. The quantitative estimate of drug-likeness (QED) is 0.174. The van der Waals surface area contributed by atoms with Crippen LogP contribution in [0.4, 0.5) is 0 Å². The second-order valence-corrected chi connectivity index (χ2v) is 16.3. The molecule has 1 spiro atoms. The fourth-order valence-corrected chi connectivity index (χ4v) is 10.5. The zero-order valence-electron chi connectivity index (χ0n) is 33.6. The molecule has 11 aromatic rings. The van der Waals surface area contributed by atoms with Gasteiger partial charge in [0.2, 0.25) is 0 Å². The molecule has 0 radical (unpaired) electrons. The van der Waals surface area contributed by atoms with Crippen LogP contribution in [0.3, 0.4) is 0 Å². The van der Waals surface area contributed by atoms with Crippen molar-refractivity contribution in [1.29, 1.82) is 0 Å². The Morgan fingerprint density at radius 1 is 0.306 bits per heavy atom. The monoisotopic (exact) mass is 788 g/mol. The zero-order valence-corrected chi connectivity index (χ0v) is 33.6. The average Bonchev–Trinajstić information content (AvgIpc) is 3.96. The zero-order chi connectivity index (χ0) is 40.8. The highest BCUT2D eigenvalue weighted by atomic mass is 15.0. The number of benzene rings is 9. The predicted molar refractivity (Wildman–Crippen MR) is 252 cm³/mol. The van der Waals surface area contributed by atoms with Crippen molar-refractivity contribution in [3.63, 3.8) is 0 Å². The standard InChI is InChI=1S/C58H36N4/c1-3-17-37(18-4-1)55-59-56(61-57(60-55)40-33-34-53-47(36-40)45-25-10-14-32-52(45)62(53)41-21-5-2-6-22-41)39-20-15-19-38(35-39)42-27-16-31-51-54(42)46-26-9-13-30-50(46)58(51)48-28-11-7-23-43(48)44-24-8-12-29-49(44)58/h1-36H. The van der Waals surface area contributed by atoms with Crippen LogP contribution >= 0.6 is 0 Å². The van der Waals surface area contributed by atoms with Crippen LogP contribution in [0, 0.1) is 0 Å². The number of hydrogen-bond donors (Lipinski definition) is 0. The summed E-state index contributed by atoms with van der Waals surface area (Å²) in [7, 11) is 0. The van der Waals surface area contributed by atoms with Crippen molar-refractivity contribution in [2.24, 2.45) is 0 Å². The maximum Gasteiger partial charge on any atom is 0.164 e. The Bertz CT molecular complexity index is 3540. The van der Waals surface area contributed by atoms with Gasteiger partial charge in [-0.15, -0.1) is 0 Å². The molecule has 9 aromatic carbocycles. The molecule has 0 bridgehead atoms. The van der Waals surface area contributed by atoms with Gasteiger partial charge in [-0.2, -0.15) is 0 Å². The summed E-state index contributed by atoms with van der Waals surface area (Å²) in [5.74, 6) is 1.90. The van der Waals surface area contributed by atoms with Crippen LogP contribution in [0.25, 0.3) is 95.0 Å². The number of nitrogens with zero attached hydrogens (tertiary/aromatic N) is 4. The van der Waals surface area contributed by atoms with Crippen LogP contribution in [-0.2, 0) is 5.41 Å². The average molecular weight is 789 g/mol. The number of fused-ring (bicyclic) bond motifs is 13. The third kappa shape index (κ3) is 4.92. The van der Waals surface area contributed by atoms with Gasteiger partial charge in [-0.3, -0.25) is 0 Å². The first-order valence-corrected chi connectivity index (χ1v) is 21.2. The number of rotatable bonds is 5. The molecular weight excluding hydrogens is 753 g/mol. The van der Waals surface area contributed by atoms with Crippen molar-refractivity contribution in [3.05, 3.63) is 241 Å². The van der Waals surface area contributed by atoms with E-state index in [1.165, 1.54) is 55.5 Å². The maximum atomic E-state index is 5.27. The first kappa shape index (κ1) is 34.6. The largest absolute Gasteiger partial charge is 0.309 e. The topological polar surface area (TPSA) is 43.6 Å². The maximum absolute atomic E-state index is 5.27. The summed E-state index contributed by atoms with van der Waals surface area (Å²) in [4.78, 5) is 15.6. The molecule has 2 heterocycles. The van der Waals surface area contributed by atoms with Crippen LogP contribution < -0.4 is 0 Å². The summed E-state index contributed by atoms with van der Waals surface area (Å²) in [6.45, 7) is 0. The lowest BCUT2D eigenvalue weighted by atomic mass is 9.70. The van der Waals surface area contributed by atoms with Crippen molar-refractivity contribution < 1.29 is 0 Å². The van der Waals surface area contributed by atoms with E-state index in [1.54, 1.807) is 0 Å². The molecule has 62 heavy (non-hydrogen) atoms. The Balaban J connectivity index is 0.989. The summed E-state index contributed by atoms with van der Waals surface area (Å²) in [6, 6.07) is 78.5. The highest BCUT2D eigenvalue weighted by molar-refractivity contribution is 6.10. The van der Waals surface area contributed by atoms with E-state index >= 15 is 0 Å². The number of para-hydroxylation sites is 2. The molecule has 0 saturated carbocycles. The molecular formula is C58H36N4. The molecule has 0 fully saturated rings. The molecule has 0 saturated heterocycles. The van der Waals surface area contributed by atoms with E-state index in [2.05, 4.69) is 205 Å². The lowest BCUT2D eigenvalue weighted by Gasteiger charge is -2.30. The molecule has 2 aromatic heterocycles. The van der Waals surface area contributed by atoms with Crippen LogP contribution in [0.1, 0.15) is 22.3 Å². The fraction of sp³-hybridized carbons (Fsp3) is 0.0172. The molecule has 4 heteroatoms. The smallest absolute Gasteiger partial charge is 0.164 e. The summed E-state index contributed by atoms with van der Waals surface area (Å²) in [5.41, 5.74) is 18.6. The van der Waals surface area contributed by atoms with E-state index in [0.717, 1.165) is 44.4 Å². The molecule has 0 unspecified atom stereocenters. The van der Waals surface area contributed by atoms with Gasteiger partial charge in [0.15, 0.2) is 17.5 Å². The predicted octanol–water partition coefficient (Wildman–Crippen LogP) is 14.0. The van der Waals surface area contributed by atoms with Crippen molar-refractivity contribution >= 4 is 21.8 Å². The Labute approximate surface area is 359 Å². The number of hydrogen-bond acceptors (Lipinski definition) is 3. The Morgan fingerprint density at radius 2 is 0.790 bits per heavy atom. The van der Waals surface area contributed by atoms with Gasteiger partial charge in [-0.25, -0.2) is 15.0 Å². The molecule has 0 amide bonds. The van der Waals surface area contributed by atoms with E-state index in [1.807, 2.05) is 18.2 Å². The summed E-state index contributed by atoms with van der Waals surface area (Å²) < 4.78 is 2.33. The van der Waals surface area contributed by atoms with Crippen LogP contribution in [0.15, 0.2) is 218 Å².